The molecule has 1 aliphatic heterocycles. The zero-order valence-corrected chi connectivity index (χ0v) is 14.1. The second-order valence-electron chi connectivity index (χ2n) is 5.82. The Morgan fingerprint density at radius 3 is 2.62 bits per heavy atom. The van der Waals surface area contributed by atoms with E-state index in [0.29, 0.717) is 23.9 Å². The standard InChI is InChI=1S/C17H20N2O5/c1-9-14-10(2)19(18-16(14)24-15(9)17(20)21)8-11-5-6-12(22-3)13(7-11)23-4/h5-7,9,15H,8H2,1-4H3,(H,20,21). The number of methoxy groups -OCH3 is 2. The van der Waals surface area contributed by atoms with Crippen molar-refractivity contribution in [3.05, 3.63) is 35.0 Å². The van der Waals surface area contributed by atoms with Gasteiger partial charge in [0.2, 0.25) is 12.0 Å². The molecule has 1 aromatic carbocycles. The van der Waals surface area contributed by atoms with Crippen molar-refractivity contribution in [1.82, 2.24) is 9.78 Å². The summed E-state index contributed by atoms with van der Waals surface area (Å²) in [6, 6.07) is 5.69. The minimum absolute atomic E-state index is 0.225. The highest BCUT2D eigenvalue weighted by Crippen LogP contribution is 2.40. The van der Waals surface area contributed by atoms with Crippen LogP contribution in [-0.4, -0.2) is 41.2 Å². The number of rotatable bonds is 5. The lowest BCUT2D eigenvalue weighted by Crippen LogP contribution is -2.28. The fourth-order valence-electron chi connectivity index (χ4n) is 3.09. The average Bonchev–Trinajstić information content (AvgIpc) is 3.05. The fraction of sp³-hybridized carbons (Fsp3) is 0.412. The molecule has 1 aliphatic rings. The van der Waals surface area contributed by atoms with Gasteiger partial charge in [0, 0.05) is 17.2 Å². The number of fused-ring (bicyclic) bond motifs is 1. The van der Waals surface area contributed by atoms with Crippen molar-refractivity contribution in [1.29, 1.82) is 0 Å². The van der Waals surface area contributed by atoms with E-state index < -0.39 is 12.1 Å². The number of nitrogens with zero attached hydrogens (tertiary/aromatic N) is 2. The van der Waals surface area contributed by atoms with Gasteiger partial charge in [-0.3, -0.25) is 4.68 Å². The van der Waals surface area contributed by atoms with Crippen LogP contribution in [0.2, 0.25) is 0 Å². The Labute approximate surface area is 139 Å². The molecule has 2 heterocycles. The number of ether oxygens (including phenoxy) is 3. The molecule has 0 aliphatic carbocycles. The predicted octanol–water partition coefficient (Wildman–Crippen LogP) is 2.21. The summed E-state index contributed by atoms with van der Waals surface area (Å²) >= 11 is 0. The van der Waals surface area contributed by atoms with E-state index in [0.717, 1.165) is 16.8 Å². The van der Waals surface area contributed by atoms with E-state index >= 15 is 0 Å². The smallest absolute Gasteiger partial charge is 0.345 e. The van der Waals surface area contributed by atoms with E-state index in [-0.39, 0.29) is 5.92 Å². The molecule has 0 fully saturated rings. The SMILES string of the molecule is COc1ccc(Cn2nc3c(c2C)C(C)C(C(=O)O)O3)cc1OC. The Bertz CT molecular complexity index is 784. The van der Waals surface area contributed by atoms with Gasteiger partial charge in [-0.25, -0.2) is 4.79 Å². The van der Waals surface area contributed by atoms with Crippen LogP contribution in [-0.2, 0) is 11.3 Å². The summed E-state index contributed by atoms with van der Waals surface area (Å²) in [7, 11) is 3.19. The van der Waals surface area contributed by atoms with E-state index in [1.54, 1.807) is 14.2 Å². The molecule has 3 rings (SSSR count). The minimum atomic E-state index is -0.966. The summed E-state index contributed by atoms with van der Waals surface area (Å²) in [5, 5.41) is 13.6. The van der Waals surface area contributed by atoms with Gasteiger partial charge in [0.15, 0.2) is 11.5 Å². The number of carboxylic acids is 1. The van der Waals surface area contributed by atoms with Crippen LogP contribution in [0.5, 0.6) is 17.4 Å². The normalized spacial score (nSPS) is 18.8. The maximum absolute atomic E-state index is 11.2. The van der Waals surface area contributed by atoms with Crippen molar-refractivity contribution >= 4 is 5.97 Å². The average molecular weight is 332 g/mol. The lowest BCUT2D eigenvalue weighted by Gasteiger charge is -2.13. The summed E-state index contributed by atoms with van der Waals surface area (Å²) in [5.41, 5.74) is 2.78. The monoisotopic (exact) mass is 332 g/mol. The van der Waals surface area contributed by atoms with Crippen molar-refractivity contribution in [3.8, 4) is 17.4 Å². The molecule has 0 saturated heterocycles. The van der Waals surface area contributed by atoms with Crippen molar-refractivity contribution in [2.75, 3.05) is 14.2 Å². The van der Waals surface area contributed by atoms with Gasteiger partial charge in [0.25, 0.3) is 0 Å². The van der Waals surface area contributed by atoms with Crippen LogP contribution in [0.1, 0.15) is 29.7 Å². The van der Waals surface area contributed by atoms with Gasteiger partial charge >= 0.3 is 5.97 Å². The highest BCUT2D eigenvalue weighted by Gasteiger charge is 2.40. The van der Waals surface area contributed by atoms with Crippen LogP contribution in [0, 0.1) is 6.92 Å². The first-order valence-electron chi connectivity index (χ1n) is 7.64. The highest BCUT2D eigenvalue weighted by molar-refractivity contribution is 5.75. The van der Waals surface area contributed by atoms with Gasteiger partial charge in [-0.15, -0.1) is 5.10 Å². The van der Waals surface area contributed by atoms with E-state index in [4.69, 9.17) is 14.2 Å². The molecule has 2 aromatic rings. The Hall–Kier alpha value is -2.70. The largest absolute Gasteiger partial charge is 0.493 e. The molecule has 2 unspecified atom stereocenters. The van der Waals surface area contributed by atoms with Crippen LogP contribution < -0.4 is 14.2 Å². The second-order valence-corrected chi connectivity index (χ2v) is 5.82. The molecule has 1 aromatic heterocycles. The lowest BCUT2D eigenvalue weighted by atomic mass is 9.98. The zero-order valence-electron chi connectivity index (χ0n) is 14.1. The third kappa shape index (κ3) is 2.55. The van der Waals surface area contributed by atoms with E-state index in [1.807, 2.05) is 36.7 Å². The summed E-state index contributed by atoms with van der Waals surface area (Å²) in [6.07, 6.45) is -0.864. The molecule has 128 valence electrons. The molecule has 7 nitrogen and oxygen atoms in total. The van der Waals surface area contributed by atoms with Crippen LogP contribution in [0.25, 0.3) is 0 Å². The molecule has 0 radical (unpaired) electrons. The van der Waals surface area contributed by atoms with Gasteiger partial charge in [0.05, 0.1) is 20.8 Å². The van der Waals surface area contributed by atoms with E-state index in [9.17, 15) is 9.90 Å². The van der Waals surface area contributed by atoms with Gasteiger partial charge in [-0.05, 0) is 24.6 Å². The molecule has 1 N–H and O–H groups in total. The van der Waals surface area contributed by atoms with E-state index in [1.165, 1.54) is 0 Å². The van der Waals surface area contributed by atoms with Crippen molar-refractivity contribution in [2.24, 2.45) is 0 Å². The van der Waals surface area contributed by atoms with Crippen LogP contribution in [0.15, 0.2) is 18.2 Å². The highest BCUT2D eigenvalue weighted by atomic mass is 16.5. The number of aliphatic carboxylic acids is 1. The van der Waals surface area contributed by atoms with Gasteiger partial charge in [-0.2, -0.15) is 0 Å². The first-order chi connectivity index (χ1) is 11.5. The van der Waals surface area contributed by atoms with Crippen molar-refractivity contribution < 1.29 is 24.1 Å². The third-order valence-electron chi connectivity index (χ3n) is 4.39. The zero-order chi connectivity index (χ0) is 17.4. The second kappa shape index (κ2) is 6.07. The summed E-state index contributed by atoms with van der Waals surface area (Å²) < 4.78 is 17.9. The lowest BCUT2D eigenvalue weighted by molar-refractivity contribution is -0.145. The third-order valence-corrected chi connectivity index (χ3v) is 4.39. The number of aromatic nitrogens is 2. The predicted molar refractivity (Wildman–Crippen MR) is 86.1 cm³/mol. The summed E-state index contributed by atoms with van der Waals surface area (Å²) in [5.74, 6) is 0.543. The van der Waals surface area contributed by atoms with Crippen LogP contribution in [0.4, 0.5) is 0 Å². The molecule has 0 spiro atoms. The molecule has 2 atom stereocenters. The van der Waals surface area contributed by atoms with Crippen molar-refractivity contribution in [3.63, 3.8) is 0 Å². The maximum atomic E-state index is 11.2. The van der Waals surface area contributed by atoms with Gasteiger partial charge in [-0.1, -0.05) is 13.0 Å². The Kier molecular flexibility index (Phi) is 4.09. The molecule has 7 heteroatoms. The van der Waals surface area contributed by atoms with Crippen molar-refractivity contribution in [2.45, 2.75) is 32.4 Å². The number of carboxylic acid groups (broad SMARTS) is 1. The fourth-order valence-corrected chi connectivity index (χ4v) is 3.09. The Morgan fingerprint density at radius 2 is 2.04 bits per heavy atom. The molecular weight excluding hydrogens is 312 g/mol. The number of benzene rings is 1. The molecule has 0 amide bonds. The van der Waals surface area contributed by atoms with Gasteiger partial charge in [0.1, 0.15) is 0 Å². The topological polar surface area (TPSA) is 82.8 Å². The number of hydrogen-bond donors (Lipinski definition) is 1. The number of carbonyl (C=O) groups is 1. The molecule has 24 heavy (non-hydrogen) atoms. The molecule has 0 bridgehead atoms. The van der Waals surface area contributed by atoms with Gasteiger partial charge < -0.3 is 19.3 Å². The van der Waals surface area contributed by atoms with E-state index in [2.05, 4.69) is 5.10 Å². The first kappa shape index (κ1) is 16.2. The molecular formula is C17H20N2O5. The summed E-state index contributed by atoms with van der Waals surface area (Å²) in [4.78, 5) is 11.2. The maximum Gasteiger partial charge on any atom is 0.345 e. The minimum Gasteiger partial charge on any atom is -0.493 e. The molecule has 0 saturated carbocycles. The Morgan fingerprint density at radius 1 is 1.33 bits per heavy atom. The quantitative estimate of drug-likeness (QED) is 0.904. The van der Waals surface area contributed by atoms with Crippen LogP contribution >= 0.6 is 0 Å². The summed E-state index contributed by atoms with van der Waals surface area (Å²) in [6.45, 7) is 4.31. The number of hydrogen-bond acceptors (Lipinski definition) is 5. The van der Waals surface area contributed by atoms with Crippen LogP contribution in [0.3, 0.4) is 0 Å². The first-order valence-corrected chi connectivity index (χ1v) is 7.64. The Balaban J connectivity index is 1.88.